The molecule has 0 saturated carbocycles. The van der Waals surface area contributed by atoms with Gasteiger partial charge >= 0.3 is 0 Å². The lowest BCUT2D eigenvalue weighted by Gasteiger charge is -2.06. The quantitative estimate of drug-likeness (QED) is 0.834. The first-order valence-corrected chi connectivity index (χ1v) is 4.67. The topological polar surface area (TPSA) is 48.7 Å². The van der Waals surface area contributed by atoms with Crippen molar-refractivity contribution in [1.82, 2.24) is 4.98 Å². The number of anilines is 2. The van der Waals surface area contributed by atoms with Gasteiger partial charge in [0.25, 0.3) is 0 Å². The van der Waals surface area contributed by atoms with Crippen molar-refractivity contribution in [1.29, 1.82) is 5.26 Å². The predicted molar refractivity (Wildman–Crippen MR) is 58.6 cm³/mol. The summed E-state index contributed by atoms with van der Waals surface area (Å²) in [7, 11) is 0. The van der Waals surface area contributed by atoms with Gasteiger partial charge in [-0.2, -0.15) is 5.26 Å². The molecule has 0 fully saturated rings. The minimum absolute atomic E-state index is 0.327. The fraction of sp³-hybridized carbons (Fsp3) is 0. The number of halogens is 1. The Morgan fingerprint density at radius 2 is 2.00 bits per heavy atom. The summed E-state index contributed by atoms with van der Waals surface area (Å²) in [4.78, 5) is 3.88. The van der Waals surface area contributed by atoms with Crippen LogP contribution in [-0.2, 0) is 0 Å². The van der Waals surface area contributed by atoms with Gasteiger partial charge in [0, 0.05) is 0 Å². The van der Waals surface area contributed by atoms with Gasteiger partial charge in [-0.05, 0) is 24.3 Å². The summed E-state index contributed by atoms with van der Waals surface area (Å²) in [6, 6.07) is 11.5. The van der Waals surface area contributed by atoms with Crippen molar-refractivity contribution in [3.8, 4) is 6.07 Å². The molecule has 78 valence electrons. The molecule has 0 radical (unpaired) electrons. The molecule has 1 N–H and O–H groups in total. The minimum atomic E-state index is -0.327. The number of rotatable bonds is 2. The highest BCUT2D eigenvalue weighted by Gasteiger charge is 2.00. The number of hydrogen-bond acceptors (Lipinski definition) is 3. The third-order valence-electron chi connectivity index (χ3n) is 2.03. The molecule has 0 unspecified atom stereocenters. The number of hydrogen-bond donors (Lipinski definition) is 1. The Morgan fingerprint density at radius 3 is 2.62 bits per heavy atom. The number of pyridine rings is 1. The van der Waals surface area contributed by atoms with Gasteiger partial charge < -0.3 is 5.32 Å². The van der Waals surface area contributed by atoms with Crippen LogP contribution in [0.2, 0.25) is 0 Å². The molecule has 0 amide bonds. The van der Waals surface area contributed by atoms with Gasteiger partial charge in [0.1, 0.15) is 17.6 Å². The number of nitriles is 1. The standard InChI is InChI=1S/C12H8FN3/c13-11-3-1-2-4-12(11)16-10-6-5-9(7-14)15-8-10/h1-6,8,16H. The maximum Gasteiger partial charge on any atom is 0.146 e. The Morgan fingerprint density at radius 1 is 1.19 bits per heavy atom. The number of benzene rings is 1. The molecule has 4 heteroatoms. The monoisotopic (exact) mass is 213 g/mol. The van der Waals surface area contributed by atoms with Crippen LogP contribution in [0, 0.1) is 17.1 Å². The zero-order valence-electron chi connectivity index (χ0n) is 8.31. The Balaban J connectivity index is 2.22. The lowest BCUT2D eigenvalue weighted by Crippen LogP contribution is -1.94. The molecule has 0 spiro atoms. The van der Waals surface area contributed by atoms with E-state index in [1.165, 1.54) is 12.3 Å². The molecule has 0 aliphatic heterocycles. The number of aromatic nitrogens is 1. The maximum atomic E-state index is 13.3. The largest absolute Gasteiger partial charge is 0.352 e. The van der Waals surface area contributed by atoms with E-state index in [2.05, 4.69) is 10.3 Å². The second kappa shape index (κ2) is 4.41. The van der Waals surface area contributed by atoms with E-state index in [-0.39, 0.29) is 5.82 Å². The molecule has 1 aromatic carbocycles. The zero-order chi connectivity index (χ0) is 11.4. The molecule has 1 aromatic heterocycles. The van der Waals surface area contributed by atoms with E-state index in [0.717, 1.165) is 0 Å². The van der Waals surface area contributed by atoms with Crippen LogP contribution < -0.4 is 5.32 Å². The summed E-state index contributed by atoms with van der Waals surface area (Å²) in [5.74, 6) is -0.327. The number of para-hydroxylation sites is 1. The summed E-state index contributed by atoms with van der Waals surface area (Å²) in [6.07, 6.45) is 1.49. The molecule has 0 bridgehead atoms. The lowest BCUT2D eigenvalue weighted by atomic mass is 10.3. The molecule has 0 atom stereocenters. The fourth-order valence-electron chi connectivity index (χ4n) is 1.25. The molecular weight excluding hydrogens is 205 g/mol. The van der Waals surface area contributed by atoms with Crippen LogP contribution in [0.15, 0.2) is 42.6 Å². The Labute approximate surface area is 92.2 Å². The van der Waals surface area contributed by atoms with Crippen LogP contribution >= 0.6 is 0 Å². The normalized spacial score (nSPS) is 9.50. The molecule has 2 aromatic rings. The Hall–Kier alpha value is -2.41. The fourth-order valence-corrected chi connectivity index (χ4v) is 1.25. The summed E-state index contributed by atoms with van der Waals surface area (Å²) in [5.41, 5.74) is 1.36. The summed E-state index contributed by atoms with van der Waals surface area (Å²) >= 11 is 0. The van der Waals surface area contributed by atoms with Gasteiger partial charge in [-0.3, -0.25) is 0 Å². The van der Waals surface area contributed by atoms with Crippen LogP contribution in [0.4, 0.5) is 15.8 Å². The SMILES string of the molecule is N#Cc1ccc(Nc2ccccc2F)cn1. The van der Waals surface area contributed by atoms with Crippen LogP contribution in [0.1, 0.15) is 5.69 Å². The third-order valence-corrected chi connectivity index (χ3v) is 2.03. The first-order valence-electron chi connectivity index (χ1n) is 4.67. The van der Waals surface area contributed by atoms with Crippen molar-refractivity contribution in [3.63, 3.8) is 0 Å². The first kappa shape index (κ1) is 10.1. The molecule has 0 saturated heterocycles. The summed E-state index contributed by atoms with van der Waals surface area (Å²) in [6.45, 7) is 0. The van der Waals surface area contributed by atoms with E-state index in [1.807, 2.05) is 6.07 Å². The second-order valence-corrected chi connectivity index (χ2v) is 3.15. The smallest absolute Gasteiger partial charge is 0.146 e. The van der Waals surface area contributed by atoms with Crippen LogP contribution in [0.25, 0.3) is 0 Å². The summed E-state index contributed by atoms with van der Waals surface area (Å²) < 4.78 is 13.3. The molecule has 1 heterocycles. The van der Waals surface area contributed by atoms with Crippen molar-refractivity contribution in [3.05, 3.63) is 54.1 Å². The van der Waals surface area contributed by atoms with Crippen LogP contribution in [-0.4, -0.2) is 4.98 Å². The van der Waals surface area contributed by atoms with Crippen LogP contribution in [0.3, 0.4) is 0 Å². The molecule has 0 aliphatic carbocycles. The van der Waals surface area contributed by atoms with Gasteiger partial charge in [0.05, 0.1) is 17.6 Å². The average molecular weight is 213 g/mol. The van der Waals surface area contributed by atoms with Crippen LogP contribution in [0.5, 0.6) is 0 Å². The van der Waals surface area contributed by atoms with E-state index in [1.54, 1.807) is 30.3 Å². The van der Waals surface area contributed by atoms with Gasteiger partial charge in [-0.1, -0.05) is 12.1 Å². The van der Waals surface area contributed by atoms with E-state index < -0.39 is 0 Å². The molecule has 16 heavy (non-hydrogen) atoms. The van der Waals surface area contributed by atoms with E-state index in [9.17, 15) is 4.39 Å². The van der Waals surface area contributed by atoms with Crippen molar-refractivity contribution in [2.75, 3.05) is 5.32 Å². The maximum absolute atomic E-state index is 13.3. The van der Waals surface area contributed by atoms with Gasteiger partial charge in [-0.25, -0.2) is 9.37 Å². The second-order valence-electron chi connectivity index (χ2n) is 3.15. The highest BCUT2D eigenvalue weighted by Crippen LogP contribution is 2.18. The molecule has 0 aliphatic rings. The Bertz CT molecular complexity index is 529. The van der Waals surface area contributed by atoms with Gasteiger partial charge in [-0.15, -0.1) is 0 Å². The highest BCUT2D eigenvalue weighted by molar-refractivity contribution is 5.59. The number of nitrogens with zero attached hydrogens (tertiary/aromatic N) is 2. The Kier molecular flexibility index (Phi) is 2.79. The van der Waals surface area contributed by atoms with E-state index >= 15 is 0 Å². The van der Waals surface area contributed by atoms with Crippen molar-refractivity contribution < 1.29 is 4.39 Å². The highest BCUT2D eigenvalue weighted by atomic mass is 19.1. The first-order chi connectivity index (χ1) is 7.79. The molecular formula is C12H8FN3. The molecule has 2 rings (SSSR count). The summed E-state index contributed by atoms with van der Waals surface area (Å²) in [5, 5.41) is 11.4. The predicted octanol–water partition coefficient (Wildman–Crippen LogP) is 2.84. The van der Waals surface area contributed by atoms with Crippen molar-refractivity contribution in [2.45, 2.75) is 0 Å². The average Bonchev–Trinajstić information content (AvgIpc) is 2.33. The number of nitrogens with one attached hydrogen (secondary N) is 1. The van der Waals surface area contributed by atoms with Crippen molar-refractivity contribution in [2.24, 2.45) is 0 Å². The van der Waals surface area contributed by atoms with Gasteiger partial charge in [0.2, 0.25) is 0 Å². The van der Waals surface area contributed by atoms with Crippen molar-refractivity contribution >= 4 is 11.4 Å². The minimum Gasteiger partial charge on any atom is -0.352 e. The lowest BCUT2D eigenvalue weighted by molar-refractivity contribution is 0.632. The zero-order valence-corrected chi connectivity index (χ0v) is 8.31. The van der Waals surface area contributed by atoms with Gasteiger partial charge in [0.15, 0.2) is 0 Å². The van der Waals surface area contributed by atoms with E-state index in [4.69, 9.17) is 5.26 Å². The van der Waals surface area contributed by atoms with E-state index in [0.29, 0.717) is 17.1 Å². The third kappa shape index (κ3) is 2.15. The molecule has 3 nitrogen and oxygen atoms in total.